The number of unbranched alkanes of at least 4 members (excludes halogenated alkanes) is 2. The van der Waals surface area contributed by atoms with Crippen LogP contribution in [0.15, 0.2) is 63.0 Å². The smallest absolute Gasteiger partial charge is 0.303 e. The fourth-order valence-electron chi connectivity index (χ4n) is 3.60. The van der Waals surface area contributed by atoms with Crippen molar-refractivity contribution in [1.82, 2.24) is 4.90 Å². The Hall–Kier alpha value is -2.45. The van der Waals surface area contributed by atoms with Crippen molar-refractivity contribution in [2.45, 2.75) is 31.7 Å². The number of aliphatic hydroxyl groups excluding tert-OH is 1. The summed E-state index contributed by atoms with van der Waals surface area (Å²) in [6.07, 6.45) is 1.75. The molecule has 1 heterocycles. The molecule has 162 valence electrons. The Kier molecular flexibility index (Phi) is 7.67. The zero-order chi connectivity index (χ0) is 22.5. The van der Waals surface area contributed by atoms with Gasteiger partial charge in [-0.25, -0.2) is 0 Å². The molecule has 8 heteroatoms. The Labute approximate surface area is 196 Å². The average molecular weight is 551 g/mol. The molecule has 1 amide bonds. The van der Waals surface area contributed by atoms with Gasteiger partial charge in [-0.3, -0.25) is 14.4 Å². The minimum absolute atomic E-state index is 0.0557. The summed E-state index contributed by atoms with van der Waals surface area (Å²) < 4.78 is 1.69. The standard InChI is InChI=1S/C23H21Br2NO5/c24-16-9-5-14(6-10-16)20-19(21(29)15-7-11-17(25)12-8-15)22(30)23(31)26(20)13-3-1-2-4-18(27)28/h5-12,20,29H,1-4,13H2,(H,27,28)/t20-/m0/s1. The quantitative estimate of drug-likeness (QED) is 0.202. The van der Waals surface area contributed by atoms with Gasteiger partial charge in [0.15, 0.2) is 0 Å². The number of Topliss-reactive ketones (excluding diaryl/α,β-unsaturated/α-hetero) is 1. The zero-order valence-electron chi connectivity index (χ0n) is 16.6. The fraction of sp³-hybridized carbons (Fsp3) is 0.261. The molecule has 31 heavy (non-hydrogen) atoms. The molecule has 2 aromatic carbocycles. The normalized spacial score (nSPS) is 17.9. The highest BCUT2D eigenvalue weighted by Crippen LogP contribution is 2.40. The topological polar surface area (TPSA) is 94.9 Å². The lowest BCUT2D eigenvalue weighted by molar-refractivity contribution is -0.140. The number of carboxylic acids is 1. The van der Waals surface area contributed by atoms with Crippen molar-refractivity contribution >= 4 is 55.3 Å². The second kappa shape index (κ2) is 10.2. The van der Waals surface area contributed by atoms with Gasteiger partial charge in [0.1, 0.15) is 5.76 Å². The predicted octanol–water partition coefficient (Wildman–Crippen LogP) is 5.28. The number of aliphatic carboxylic acids is 1. The number of carbonyl (C=O) groups is 3. The van der Waals surface area contributed by atoms with E-state index in [0.29, 0.717) is 36.9 Å². The number of amides is 1. The van der Waals surface area contributed by atoms with Crippen LogP contribution in [0.25, 0.3) is 5.76 Å². The number of carboxylic acid groups (broad SMARTS) is 1. The van der Waals surface area contributed by atoms with Crippen molar-refractivity contribution in [1.29, 1.82) is 0 Å². The van der Waals surface area contributed by atoms with Crippen molar-refractivity contribution in [2.75, 3.05) is 6.54 Å². The van der Waals surface area contributed by atoms with Gasteiger partial charge in [-0.2, -0.15) is 0 Å². The number of nitrogens with zero attached hydrogens (tertiary/aromatic N) is 1. The molecule has 1 aliphatic heterocycles. The van der Waals surface area contributed by atoms with Crippen molar-refractivity contribution in [3.05, 3.63) is 74.2 Å². The summed E-state index contributed by atoms with van der Waals surface area (Å²) in [6.45, 7) is 0.294. The maximum atomic E-state index is 12.9. The van der Waals surface area contributed by atoms with Gasteiger partial charge >= 0.3 is 5.97 Å². The van der Waals surface area contributed by atoms with E-state index in [-0.39, 0.29) is 17.8 Å². The molecule has 0 bridgehead atoms. The van der Waals surface area contributed by atoms with Gasteiger partial charge in [0.2, 0.25) is 0 Å². The lowest BCUT2D eigenvalue weighted by Gasteiger charge is -2.25. The number of rotatable bonds is 8. The van der Waals surface area contributed by atoms with E-state index in [1.54, 1.807) is 24.3 Å². The van der Waals surface area contributed by atoms with E-state index in [0.717, 1.165) is 8.95 Å². The molecule has 0 aromatic heterocycles. The third kappa shape index (κ3) is 5.43. The highest BCUT2D eigenvalue weighted by molar-refractivity contribution is 9.10. The number of hydrogen-bond acceptors (Lipinski definition) is 4. The largest absolute Gasteiger partial charge is 0.507 e. The second-order valence-electron chi connectivity index (χ2n) is 7.26. The molecule has 0 radical (unpaired) electrons. The van der Waals surface area contributed by atoms with Crippen LogP contribution in [-0.4, -0.2) is 39.3 Å². The van der Waals surface area contributed by atoms with E-state index >= 15 is 0 Å². The van der Waals surface area contributed by atoms with E-state index in [1.807, 2.05) is 24.3 Å². The van der Waals surface area contributed by atoms with Crippen molar-refractivity contribution < 1.29 is 24.6 Å². The van der Waals surface area contributed by atoms with Crippen LogP contribution in [0.4, 0.5) is 0 Å². The van der Waals surface area contributed by atoms with E-state index in [9.17, 15) is 19.5 Å². The maximum Gasteiger partial charge on any atom is 0.303 e. The van der Waals surface area contributed by atoms with Gasteiger partial charge in [0.25, 0.3) is 11.7 Å². The Morgan fingerprint density at radius 3 is 2.03 bits per heavy atom. The molecule has 1 fully saturated rings. The number of likely N-dealkylation sites (tertiary alicyclic amines) is 1. The molecule has 1 aliphatic rings. The number of benzene rings is 2. The Balaban J connectivity index is 1.96. The molecule has 1 atom stereocenters. The molecule has 0 saturated carbocycles. The molecule has 0 spiro atoms. The molecular weight excluding hydrogens is 530 g/mol. The lowest BCUT2D eigenvalue weighted by atomic mass is 9.95. The van der Waals surface area contributed by atoms with Crippen molar-refractivity contribution in [3.63, 3.8) is 0 Å². The monoisotopic (exact) mass is 549 g/mol. The van der Waals surface area contributed by atoms with Crippen LogP contribution in [0.2, 0.25) is 0 Å². The molecular formula is C23H21Br2NO5. The minimum atomic E-state index is -0.857. The van der Waals surface area contributed by atoms with Gasteiger partial charge in [0, 0.05) is 27.5 Å². The highest BCUT2D eigenvalue weighted by atomic mass is 79.9. The molecule has 0 unspecified atom stereocenters. The first-order valence-electron chi connectivity index (χ1n) is 9.81. The lowest BCUT2D eigenvalue weighted by Crippen LogP contribution is -2.30. The highest BCUT2D eigenvalue weighted by Gasteiger charge is 2.45. The number of ketones is 1. The van der Waals surface area contributed by atoms with E-state index in [2.05, 4.69) is 31.9 Å². The van der Waals surface area contributed by atoms with Gasteiger partial charge in [-0.1, -0.05) is 62.5 Å². The Morgan fingerprint density at radius 2 is 1.45 bits per heavy atom. The summed E-state index contributed by atoms with van der Waals surface area (Å²) in [7, 11) is 0. The summed E-state index contributed by atoms with van der Waals surface area (Å²) in [5.41, 5.74) is 1.22. The molecule has 2 N–H and O–H groups in total. The number of halogens is 2. The van der Waals surface area contributed by atoms with Crippen LogP contribution in [0.3, 0.4) is 0 Å². The molecule has 0 aliphatic carbocycles. The van der Waals surface area contributed by atoms with E-state index < -0.39 is 23.7 Å². The Bertz CT molecular complexity index is 1020. The third-order valence-corrected chi connectivity index (χ3v) is 6.19. The van der Waals surface area contributed by atoms with Crippen LogP contribution in [0, 0.1) is 0 Å². The third-order valence-electron chi connectivity index (χ3n) is 5.13. The first-order chi connectivity index (χ1) is 14.8. The Morgan fingerprint density at radius 1 is 0.871 bits per heavy atom. The maximum absolute atomic E-state index is 12.9. The summed E-state index contributed by atoms with van der Waals surface area (Å²) in [5, 5.41) is 19.7. The number of aliphatic hydroxyl groups is 1. The molecule has 3 rings (SSSR count). The van der Waals surface area contributed by atoms with E-state index in [1.165, 1.54) is 4.90 Å². The van der Waals surface area contributed by atoms with Crippen molar-refractivity contribution in [2.24, 2.45) is 0 Å². The zero-order valence-corrected chi connectivity index (χ0v) is 19.7. The number of hydrogen-bond donors (Lipinski definition) is 2. The van der Waals surface area contributed by atoms with Crippen LogP contribution in [0.1, 0.15) is 42.9 Å². The fourth-order valence-corrected chi connectivity index (χ4v) is 4.13. The first-order valence-corrected chi connectivity index (χ1v) is 11.4. The summed E-state index contributed by atoms with van der Waals surface area (Å²) in [5.74, 6) is -2.46. The van der Waals surface area contributed by atoms with Crippen LogP contribution in [0.5, 0.6) is 0 Å². The first kappa shape index (κ1) is 23.2. The van der Waals surface area contributed by atoms with Crippen molar-refractivity contribution in [3.8, 4) is 0 Å². The van der Waals surface area contributed by atoms with Gasteiger partial charge in [-0.05, 0) is 42.7 Å². The molecule has 6 nitrogen and oxygen atoms in total. The van der Waals surface area contributed by atoms with Gasteiger partial charge in [0.05, 0.1) is 11.6 Å². The summed E-state index contributed by atoms with van der Waals surface area (Å²) in [4.78, 5) is 37.9. The van der Waals surface area contributed by atoms with Crippen LogP contribution >= 0.6 is 31.9 Å². The average Bonchev–Trinajstić information content (AvgIpc) is 2.99. The molecule has 1 saturated heterocycles. The predicted molar refractivity (Wildman–Crippen MR) is 123 cm³/mol. The van der Waals surface area contributed by atoms with E-state index in [4.69, 9.17) is 5.11 Å². The summed E-state index contributed by atoms with van der Waals surface area (Å²) >= 11 is 6.74. The SMILES string of the molecule is O=C(O)CCCCCN1C(=O)C(=O)C(=C(O)c2ccc(Br)cc2)[C@@H]1c1ccc(Br)cc1. The minimum Gasteiger partial charge on any atom is -0.507 e. The number of carbonyl (C=O) groups excluding carboxylic acids is 2. The summed E-state index contributed by atoms with van der Waals surface area (Å²) in [6, 6.07) is 13.4. The van der Waals surface area contributed by atoms with Gasteiger partial charge in [-0.15, -0.1) is 0 Å². The molecule has 2 aromatic rings. The second-order valence-corrected chi connectivity index (χ2v) is 9.09. The van der Waals surface area contributed by atoms with Gasteiger partial charge < -0.3 is 15.1 Å². The van der Waals surface area contributed by atoms with Crippen LogP contribution < -0.4 is 0 Å². The van der Waals surface area contributed by atoms with Crippen LogP contribution in [-0.2, 0) is 14.4 Å².